The predicted molar refractivity (Wildman–Crippen MR) is 114 cm³/mol. The van der Waals surface area contributed by atoms with E-state index < -0.39 is 6.17 Å². The number of carbonyl (C=O) groups is 2. The number of benzodiazepines with no additional fused rings is 1. The molecule has 0 radical (unpaired) electrons. The minimum absolute atomic E-state index is 0.164. The summed E-state index contributed by atoms with van der Waals surface area (Å²) in [4.78, 5) is 32.0. The van der Waals surface area contributed by atoms with Crippen LogP contribution in [0.25, 0.3) is 0 Å². The number of benzene rings is 2. The molecule has 6 heteroatoms. The number of likely N-dealkylation sites (N-methyl/N-ethyl adjacent to an activating group) is 1. The molecule has 2 N–H and O–H groups in total. The van der Waals surface area contributed by atoms with Gasteiger partial charge in [-0.1, -0.05) is 67.8 Å². The minimum atomic E-state index is -0.980. The molecular weight excluding hydrogens is 364 g/mol. The van der Waals surface area contributed by atoms with Crippen molar-refractivity contribution in [1.82, 2.24) is 10.6 Å². The average molecular weight is 390 g/mol. The molecule has 1 heterocycles. The van der Waals surface area contributed by atoms with Crippen LogP contribution in [0.5, 0.6) is 0 Å². The topological polar surface area (TPSA) is 73.8 Å². The van der Waals surface area contributed by atoms with Gasteiger partial charge in [0.1, 0.15) is 0 Å². The number of hydrogen-bond acceptors (Lipinski definition) is 3. The quantitative estimate of drug-likeness (QED) is 0.842. The number of urea groups is 1. The average Bonchev–Trinajstić information content (AvgIpc) is 2.86. The summed E-state index contributed by atoms with van der Waals surface area (Å²) >= 11 is 0. The van der Waals surface area contributed by atoms with Crippen molar-refractivity contribution < 1.29 is 9.59 Å². The number of nitrogens with zero attached hydrogens (tertiary/aromatic N) is 2. The molecule has 1 fully saturated rings. The van der Waals surface area contributed by atoms with E-state index in [0.29, 0.717) is 5.71 Å². The van der Waals surface area contributed by atoms with Crippen molar-refractivity contribution in [3.8, 4) is 0 Å². The normalized spacial score (nSPS) is 19.8. The number of carbonyl (C=O) groups excluding carboxylic acids is 2. The molecule has 1 saturated carbocycles. The predicted octanol–water partition coefficient (Wildman–Crippen LogP) is 3.46. The Labute approximate surface area is 171 Å². The van der Waals surface area contributed by atoms with Crippen molar-refractivity contribution in [2.24, 2.45) is 4.99 Å². The van der Waals surface area contributed by atoms with Gasteiger partial charge in [0, 0.05) is 24.2 Å². The van der Waals surface area contributed by atoms with Crippen molar-refractivity contribution >= 4 is 23.3 Å². The molecule has 1 aliphatic heterocycles. The van der Waals surface area contributed by atoms with Crippen LogP contribution in [-0.2, 0) is 4.79 Å². The van der Waals surface area contributed by atoms with Crippen LogP contribution in [0.1, 0.15) is 43.2 Å². The fraction of sp³-hybridized carbons (Fsp3) is 0.348. The lowest BCUT2D eigenvalue weighted by Crippen LogP contribution is -2.51. The smallest absolute Gasteiger partial charge is 0.317 e. The Kier molecular flexibility index (Phi) is 5.60. The lowest BCUT2D eigenvalue weighted by Gasteiger charge is -2.25. The summed E-state index contributed by atoms with van der Waals surface area (Å²) < 4.78 is 0. The van der Waals surface area contributed by atoms with Crippen molar-refractivity contribution in [2.75, 3.05) is 11.9 Å². The minimum Gasteiger partial charge on any atom is -0.335 e. The van der Waals surface area contributed by atoms with E-state index in [1.54, 1.807) is 11.9 Å². The number of para-hydroxylation sites is 1. The number of hydrogen-bond donors (Lipinski definition) is 2. The van der Waals surface area contributed by atoms with Gasteiger partial charge < -0.3 is 15.5 Å². The van der Waals surface area contributed by atoms with Crippen molar-refractivity contribution in [3.63, 3.8) is 0 Å². The number of rotatable bonds is 3. The number of nitrogens with one attached hydrogen (secondary N) is 2. The summed E-state index contributed by atoms with van der Waals surface area (Å²) in [5.41, 5.74) is 3.24. The van der Waals surface area contributed by atoms with Crippen LogP contribution in [0, 0.1) is 0 Å². The summed E-state index contributed by atoms with van der Waals surface area (Å²) in [5.74, 6) is -0.262. The van der Waals surface area contributed by atoms with Crippen LogP contribution in [0.2, 0.25) is 0 Å². The van der Waals surface area contributed by atoms with Crippen LogP contribution in [0.3, 0.4) is 0 Å². The first-order chi connectivity index (χ1) is 14.1. The van der Waals surface area contributed by atoms with Gasteiger partial charge in [-0.2, -0.15) is 0 Å². The molecule has 2 aromatic rings. The Morgan fingerprint density at radius 2 is 1.66 bits per heavy atom. The van der Waals surface area contributed by atoms with Gasteiger partial charge in [0.2, 0.25) is 6.17 Å². The molecular formula is C23H26N4O2. The molecule has 0 bridgehead atoms. The van der Waals surface area contributed by atoms with Gasteiger partial charge in [-0.15, -0.1) is 0 Å². The Balaban J connectivity index is 1.65. The third-order valence-corrected chi connectivity index (χ3v) is 5.60. The van der Waals surface area contributed by atoms with Gasteiger partial charge in [-0.25, -0.2) is 9.79 Å². The molecule has 6 nitrogen and oxygen atoms in total. The van der Waals surface area contributed by atoms with Crippen molar-refractivity contribution in [2.45, 2.75) is 44.3 Å². The lowest BCUT2D eigenvalue weighted by molar-refractivity contribution is -0.119. The Bertz CT molecular complexity index is 919. The lowest BCUT2D eigenvalue weighted by atomic mass is 9.96. The molecule has 2 aliphatic rings. The maximum atomic E-state index is 13.1. The number of anilines is 1. The summed E-state index contributed by atoms with van der Waals surface area (Å²) in [6.07, 6.45) is 4.45. The molecule has 2 aromatic carbocycles. The second-order valence-corrected chi connectivity index (χ2v) is 7.61. The molecule has 0 unspecified atom stereocenters. The van der Waals surface area contributed by atoms with Gasteiger partial charge in [-0.3, -0.25) is 4.79 Å². The zero-order valence-electron chi connectivity index (χ0n) is 16.6. The fourth-order valence-electron chi connectivity index (χ4n) is 4.04. The number of amides is 3. The van der Waals surface area contributed by atoms with E-state index in [1.807, 2.05) is 54.6 Å². The fourth-order valence-corrected chi connectivity index (χ4v) is 4.04. The van der Waals surface area contributed by atoms with E-state index in [0.717, 1.165) is 42.5 Å². The summed E-state index contributed by atoms with van der Waals surface area (Å²) in [5, 5.41) is 5.80. The van der Waals surface area contributed by atoms with E-state index in [1.165, 1.54) is 6.42 Å². The van der Waals surface area contributed by atoms with Gasteiger partial charge in [-0.05, 0) is 18.9 Å². The summed E-state index contributed by atoms with van der Waals surface area (Å²) in [6, 6.07) is 17.2. The standard InChI is InChI=1S/C23H26N4O2/c1-27-19-15-9-8-14-18(19)20(16-10-4-2-5-11-16)25-21(22(27)28)26-23(29)24-17-12-6-3-7-13-17/h2,4-5,8-11,14-15,17,21H,3,6-7,12-13H2,1H3,(H2,24,26,29)/t21-/m1/s1. The van der Waals surface area contributed by atoms with E-state index >= 15 is 0 Å². The van der Waals surface area contributed by atoms with Crippen LogP contribution < -0.4 is 15.5 Å². The molecule has 150 valence electrons. The molecule has 0 aromatic heterocycles. The highest BCUT2D eigenvalue weighted by molar-refractivity contribution is 6.20. The Morgan fingerprint density at radius 3 is 2.41 bits per heavy atom. The zero-order chi connectivity index (χ0) is 20.2. The first-order valence-corrected chi connectivity index (χ1v) is 10.2. The van der Waals surface area contributed by atoms with Gasteiger partial charge in [0.05, 0.1) is 11.4 Å². The maximum Gasteiger partial charge on any atom is 0.317 e. The molecule has 0 saturated heterocycles. The highest BCUT2D eigenvalue weighted by Crippen LogP contribution is 2.27. The zero-order valence-corrected chi connectivity index (χ0v) is 16.6. The molecule has 1 aliphatic carbocycles. The van der Waals surface area contributed by atoms with E-state index in [9.17, 15) is 9.59 Å². The highest BCUT2D eigenvalue weighted by atomic mass is 16.2. The first kappa shape index (κ1) is 19.2. The van der Waals surface area contributed by atoms with Crippen LogP contribution in [0.4, 0.5) is 10.5 Å². The van der Waals surface area contributed by atoms with Crippen molar-refractivity contribution in [3.05, 3.63) is 65.7 Å². The van der Waals surface area contributed by atoms with E-state index in [4.69, 9.17) is 4.99 Å². The third kappa shape index (κ3) is 4.16. The van der Waals surface area contributed by atoms with Crippen LogP contribution in [0.15, 0.2) is 59.6 Å². The van der Waals surface area contributed by atoms with Crippen molar-refractivity contribution in [1.29, 1.82) is 0 Å². The molecule has 0 spiro atoms. The Hall–Kier alpha value is -3.15. The van der Waals surface area contributed by atoms with Crippen LogP contribution >= 0.6 is 0 Å². The van der Waals surface area contributed by atoms with Crippen LogP contribution in [-0.4, -0.2) is 36.9 Å². The second kappa shape index (κ2) is 8.47. The molecule has 4 rings (SSSR count). The third-order valence-electron chi connectivity index (χ3n) is 5.60. The Morgan fingerprint density at radius 1 is 0.966 bits per heavy atom. The largest absolute Gasteiger partial charge is 0.335 e. The van der Waals surface area contributed by atoms with Gasteiger partial charge >= 0.3 is 6.03 Å². The number of aliphatic imine (C=N–C) groups is 1. The highest BCUT2D eigenvalue weighted by Gasteiger charge is 2.31. The molecule has 29 heavy (non-hydrogen) atoms. The molecule has 1 atom stereocenters. The first-order valence-electron chi connectivity index (χ1n) is 10.2. The SMILES string of the molecule is CN1C(=O)[C@@H](NC(=O)NC2CCCCC2)N=C(c2ccccc2)c2ccccc21. The van der Waals surface area contributed by atoms with E-state index in [-0.39, 0.29) is 18.0 Å². The van der Waals surface area contributed by atoms with Gasteiger partial charge in [0.25, 0.3) is 5.91 Å². The summed E-state index contributed by atoms with van der Waals surface area (Å²) in [6.45, 7) is 0. The maximum absolute atomic E-state index is 13.1. The van der Waals surface area contributed by atoms with Gasteiger partial charge in [0.15, 0.2) is 0 Å². The monoisotopic (exact) mass is 390 g/mol. The second-order valence-electron chi connectivity index (χ2n) is 7.61. The van der Waals surface area contributed by atoms with E-state index in [2.05, 4.69) is 10.6 Å². The number of fused-ring (bicyclic) bond motifs is 1. The molecule has 3 amide bonds. The summed E-state index contributed by atoms with van der Waals surface area (Å²) in [7, 11) is 1.72.